The van der Waals surface area contributed by atoms with E-state index in [9.17, 15) is 35.0 Å². The summed E-state index contributed by atoms with van der Waals surface area (Å²) in [6.07, 6.45) is -6.16. The second-order valence-corrected chi connectivity index (χ2v) is 9.18. The summed E-state index contributed by atoms with van der Waals surface area (Å²) in [4.78, 5) is 10.0. The van der Waals surface area contributed by atoms with E-state index in [0.29, 0.717) is 13.2 Å². The normalized spacial score (nSPS) is 32.0. The zero-order chi connectivity index (χ0) is 23.4. The summed E-state index contributed by atoms with van der Waals surface area (Å²) < 4.78 is 33.3. The summed E-state index contributed by atoms with van der Waals surface area (Å²) in [5.74, 6) is 0. The van der Waals surface area contributed by atoms with Crippen LogP contribution >= 0.6 is 7.82 Å². The molecule has 1 saturated carbocycles. The van der Waals surface area contributed by atoms with Gasteiger partial charge in [0.15, 0.2) is 0 Å². The first-order valence-electron chi connectivity index (χ1n) is 10.9. The van der Waals surface area contributed by atoms with E-state index in [-0.39, 0.29) is 13.2 Å². The molecule has 1 aliphatic rings. The summed E-state index contributed by atoms with van der Waals surface area (Å²) in [5, 5.41) is 48.9. The van der Waals surface area contributed by atoms with Crippen LogP contribution in [-0.2, 0) is 23.1 Å². The van der Waals surface area contributed by atoms with Gasteiger partial charge < -0.3 is 39.9 Å². The minimum atomic E-state index is -4.82. The lowest BCUT2D eigenvalue weighted by Crippen LogP contribution is -2.64. The van der Waals surface area contributed by atoms with Crippen molar-refractivity contribution in [2.45, 2.75) is 95.1 Å². The molecule has 6 N–H and O–H groups in total. The Morgan fingerprint density at radius 2 is 1.29 bits per heavy atom. The fraction of sp³-hybridized carbons (Fsp3) is 1.00. The fourth-order valence-corrected chi connectivity index (χ4v) is 4.07. The maximum absolute atomic E-state index is 12.3. The van der Waals surface area contributed by atoms with Gasteiger partial charge in [0.25, 0.3) is 0 Å². The van der Waals surface area contributed by atoms with Crippen molar-refractivity contribution in [3.63, 3.8) is 0 Å². The van der Waals surface area contributed by atoms with Crippen LogP contribution in [0.15, 0.2) is 0 Å². The van der Waals surface area contributed by atoms with E-state index in [4.69, 9.17) is 18.5 Å². The van der Waals surface area contributed by atoms with E-state index in [1.807, 2.05) is 0 Å². The van der Waals surface area contributed by atoms with Crippen LogP contribution in [-0.4, -0.2) is 99.6 Å². The molecule has 0 heterocycles. The van der Waals surface area contributed by atoms with Crippen LogP contribution in [0.4, 0.5) is 0 Å². The molecule has 0 spiro atoms. The van der Waals surface area contributed by atoms with Crippen LogP contribution in [0, 0.1) is 0 Å². The van der Waals surface area contributed by atoms with Gasteiger partial charge >= 0.3 is 7.82 Å². The van der Waals surface area contributed by atoms with Gasteiger partial charge in [-0.1, -0.05) is 39.5 Å². The van der Waals surface area contributed by atoms with E-state index in [1.54, 1.807) is 0 Å². The molecule has 186 valence electrons. The molecule has 0 aromatic carbocycles. The van der Waals surface area contributed by atoms with Gasteiger partial charge in [-0.2, -0.15) is 0 Å². The van der Waals surface area contributed by atoms with Crippen molar-refractivity contribution in [2.75, 3.05) is 26.4 Å². The van der Waals surface area contributed by atoms with E-state index in [1.165, 1.54) is 0 Å². The second-order valence-electron chi connectivity index (χ2n) is 7.77. The molecular weight excluding hydrogens is 435 g/mol. The van der Waals surface area contributed by atoms with Gasteiger partial charge in [0.05, 0.1) is 13.2 Å². The van der Waals surface area contributed by atoms with Gasteiger partial charge in [-0.3, -0.25) is 9.05 Å². The maximum atomic E-state index is 12.3. The van der Waals surface area contributed by atoms with Gasteiger partial charge in [-0.25, -0.2) is 4.57 Å². The van der Waals surface area contributed by atoms with Crippen molar-refractivity contribution >= 4 is 7.82 Å². The highest BCUT2D eigenvalue weighted by Gasteiger charge is 2.51. The van der Waals surface area contributed by atoms with Crippen LogP contribution in [0.3, 0.4) is 0 Å². The van der Waals surface area contributed by atoms with Gasteiger partial charge in [0, 0.05) is 13.2 Å². The molecule has 0 saturated heterocycles. The number of hydrogen-bond acceptors (Lipinski definition) is 10. The highest BCUT2D eigenvalue weighted by atomic mass is 31.2. The number of phosphoric acid groups is 1. The quantitative estimate of drug-likeness (QED) is 0.132. The molecule has 0 aliphatic heterocycles. The number of aliphatic hydroxyl groups excluding tert-OH is 5. The molecule has 12 heteroatoms. The van der Waals surface area contributed by atoms with Crippen molar-refractivity contribution in [1.29, 1.82) is 0 Å². The third-order valence-corrected chi connectivity index (χ3v) is 6.03. The van der Waals surface area contributed by atoms with Gasteiger partial charge in [-0.15, -0.1) is 0 Å². The molecule has 8 atom stereocenters. The van der Waals surface area contributed by atoms with Gasteiger partial charge in [0.2, 0.25) is 0 Å². The van der Waals surface area contributed by atoms with Crippen LogP contribution < -0.4 is 0 Å². The van der Waals surface area contributed by atoms with Crippen molar-refractivity contribution in [2.24, 2.45) is 0 Å². The third kappa shape index (κ3) is 10.1. The molecular formula is C19H39O11P. The first-order valence-corrected chi connectivity index (χ1v) is 12.4. The monoisotopic (exact) mass is 474 g/mol. The summed E-state index contributed by atoms with van der Waals surface area (Å²) in [7, 11) is -4.82. The molecule has 0 bridgehead atoms. The van der Waals surface area contributed by atoms with Gasteiger partial charge in [0.1, 0.15) is 42.7 Å². The highest BCUT2D eigenvalue weighted by Crippen LogP contribution is 2.47. The second kappa shape index (κ2) is 14.9. The van der Waals surface area contributed by atoms with E-state index >= 15 is 0 Å². The van der Waals surface area contributed by atoms with Crippen molar-refractivity contribution < 1.29 is 53.5 Å². The molecule has 1 fully saturated rings. The fourth-order valence-electron chi connectivity index (χ4n) is 3.10. The smallest absolute Gasteiger partial charge is 0.387 e. The number of hydrogen-bond donors (Lipinski definition) is 6. The van der Waals surface area contributed by atoms with Crippen LogP contribution in [0.25, 0.3) is 0 Å². The van der Waals surface area contributed by atoms with Crippen molar-refractivity contribution in [1.82, 2.24) is 0 Å². The number of ether oxygens (including phenoxy) is 2. The van der Waals surface area contributed by atoms with E-state index in [2.05, 4.69) is 13.8 Å². The molecule has 31 heavy (non-hydrogen) atoms. The first kappa shape index (κ1) is 28.9. The largest absolute Gasteiger partial charge is 0.472 e. The zero-order valence-electron chi connectivity index (χ0n) is 18.3. The Kier molecular flexibility index (Phi) is 13.8. The van der Waals surface area contributed by atoms with Crippen LogP contribution in [0.5, 0.6) is 0 Å². The summed E-state index contributed by atoms with van der Waals surface area (Å²) >= 11 is 0. The molecule has 0 radical (unpaired) electrons. The third-order valence-electron chi connectivity index (χ3n) is 5.05. The Labute approximate surface area is 183 Å². The standard InChI is InChI=1S/C19H39O11P/c1-3-5-7-9-27-11-13(28-10-8-6-4-2)12-29-31(25,26)30-19-17(23)15(21)14(20)16(22)18(19)24/h13-24H,3-12H2,1-2H3,(H,25,26)/t13-,14?,15?,16?,17+,18?,19?/m1/s1. The Balaban J connectivity index is 2.61. The summed E-state index contributed by atoms with van der Waals surface area (Å²) in [6.45, 7) is 4.87. The van der Waals surface area contributed by atoms with Crippen molar-refractivity contribution in [3.05, 3.63) is 0 Å². The SMILES string of the molecule is CCCCCOC[C@H](COP(=O)(O)OC1C(O)C(O)C(O)C(O)[C@@H]1O)OCCCCC. The molecule has 6 unspecified atom stereocenters. The van der Waals surface area contributed by atoms with E-state index < -0.39 is 50.6 Å². The van der Waals surface area contributed by atoms with Gasteiger partial charge in [-0.05, 0) is 12.8 Å². The minimum absolute atomic E-state index is 0.147. The molecule has 11 nitrogen and oxygen atoms in total. The summed E-state index contributed by atoms with van der Waals surface area (Å²) in [5.41, 5.74) is 0. The molecule has 1 rings (SSSR count). The number of aliphatic hydroxyl groups is 5. The van der Waals surface area contributed by atoms with Crippen molar-refractivity contribution in [3.8, 4) is 0 Å². The predicted octanol–water partition coefficient (Wildman–Crippen LogP) is 0.0889. The van der Waals surface area contributed by atoms with E-state index in [0.717, 1.165) is 38.5 Å². The molecule has 0 aromatic rings. The first-order chi connectivity index (χ1) is 14.6. The average molecular weight is 474 g/mol. The number of rotatable bonds is 16. The average Bonchev–Trinajstić information content (AvgIpc) is 2.74. The Bertz CT molecular complexity index is 507. The lowest BCUT2D eigenvalue weighted by molar-refractivity contribution is -0.220. The topological polar surface area (TPSA) is 175 Å². The molecule has 0 amide bonds. The lowest BCUT2D eigenvalue weighted by atomic mass is 9.85. The Morgan fingerprint density at radius 1 is 0.774 bits per heavy atom. The zero-order valence-corrected chi connectivity index (χ0v) is 19.2. The predicted molar refractivity (Wildman–Crippen MR) is 110 cm³/mol. The minimum Gasteiger partial charge on any atom is -0.387 e. The highest BCUT2D eigenvalue weighted by molar-refractivity contribution is 7.47. The summed E-state index contributed by atoms with van der Waals surface area (Å²) in [6, 6.07) is 0. The Morgan fingerprint density at radius 3 is 1.84 bits per heavy atom. The number of unbranched alkanes of at least 4 members (excludes halogenated alkanes) is 4. The van der Waals surface area contributed by atoms with Crippen LogP contribution in [0.1, 0.15) is 52.4 Å². The molecule has 1 aliphatic carbocycles. The Hall–Kier alpha value is -0.170. The number of phosphoric ester groups is 1. The molecule has 0 aromatic heterocycles. The van der Waals surface area contributed by atoms with Crippen LogP contribution in [0.2, 0.25) is 0 Å². The maximum Gasteiger partial charge on any atom is 0.472 e. The lowest BCUT2D eigenvalue weighted by Gasteiger charge is -2.41.